The molecule has 0 amide bonds. The van der Waals surface area contributed by atoms with Crippen LogP contribution >= 0.6 is 0 Å². The van der Waals surface area contributed by atoms with Crippen molar-refractivity contribution in [3.05, 3.63) is 41.7 Å². The van der Waals surface area contributed by atoms with E-state index in [1.165, 1.54) is 0 Å². The van der Waals surface area contributed by atoms with Crippen molar-refractivity contribution in [3.63, 3.8) is 0 Å². The van der Waals surface area contributed by atoms with Crippen LogP contribution in [0.4, 0.5) is 5.69 Å². The summed E-state index contributed by atoms with van der Waals surface area (Å²) in [5.74, 6) is 0. The number of carbonyl (C=O) groups excluding carboxylic acids is 1. The zero-order valence-corrected chi connectivity index (χ0v) is 9.14. The third-order valence-corrected chi connectivity index (χ3v) is 2.41. The van der Waals surface area contributed by atoms with Gasteiger partial charge in [-0.1, -0.05) is 18.2 Å². The third kappa shape index (κ3) is 1.66. The van der Waals surface area contributed by atoms with Gasteiger partial charge in [-0.3, -0.25) is 0 Å². The molecule has 1 aromatic carbocycles. The van der Waals surface area contributed by atoms with E-state index in [2.05, 4.69) is 10.1 Å². The smallest absolute Gasteiger partial charge is 0.236 e. The van der Waals surface area contributed by atoms with E-state index in [9.17, 15) is 4.79 Å². The Morgan fingerprint density at radius 1 is 1.25 bits per heavy atom. The van der Waals surface area contributed by atoms with Crippen LogP contribution in [0.15, 0.2) is 35.3 Å². The second-order valence-corrected chi connectivity index (χ2v) is 3.47. The number of para-hydroxylation sites is 1. The van der Waals surface area contributed by atoms with Crippen molar-refractivity contribution in [1.82, 2.24) is 9.78 Å². The molecule has 0 spiro atoms. The van der Waals surface area contributed by atoms with Crippen molar-refractivity contribution in [2.75, 3.05) is 0 Å². The van der Waals surface area contributed by atoms with Crippen molar-refractivity contribution in [3.8, 4) is 5.69 Å². The lowest BCUT2D eigenvalue weighted by molar-refractivity contribution is 0.565. The van der Waals surface area contributed by atoms with Gasteiger partial charge in [-0.25, -0.2) is 9.48 Å². The van der Waals surface area contributed by atoms with Crippen LogP contribution < -0.4 is 0 Å². The molecule has 2 aromatic rings. The van der Waals surface area contributed by atoms with E-state index in [0.29, 0.717) is 5.69 Å². The minimum Gasteiger partial charge on any atom is -0.236 e. The van der Waals surface area contributed by atoms with Crippen LogP contribution in [-0.4, -0.2) is 15.9 Å². The molecule has 0 bridgehead atoms. The van der Waals surface area contributed by atoms with Gasteiger partial charge >= 0.3 is 0 Å². The first-order valence-electron chi connectivity index (χ1n) is 4.93. The lowest BCUT2D eigenvalue weighted by Gasteiger charge is -2.02. The van der Waals surface area contributed by atoms with E-state index < -0.39 is 0 Å². The lowest BCUT2D eigenvalue weighted by atomic mass is 10.3. The largest absolute Gasteiger partial charge is 0.240 e. The Morgan fingerprint density at radius 2 is 1.94 bits per heavy atom. The molecule has 2 rings (SSSR count). The van der Waals surface area contributed by atoms with Crippen LogP contribution in [0.2, 0.25) is 0 Å². The number of benzene rings is 1. The van der Waals surface area contributed by atoms with Crippen molar-refractivity contribution in [1.29, 1.82) is 0 Å². The molecule has 16 heavy (non-hydrogen) atoms. The van der Waals surface area contributed by atoms with Gasteiger partial charge in [0.05, 0.1) is 17.1 Å². The van der Waals surface area contributed by atoms with Crippen molar-refractivity contribution in [2.24, 2.45) is 4.99 Å². The Balaban J connectivity index is 2.60. The summed E-state index contributed by atoms with van der Waals surface area (Å²) < 4.78 is 1.77. The molecule has 0 N–H and O–H groups in total. The molecule has 4 heteroatoms. The first-order chi connectivity index (χ1) is 7.74. The molecule has 1 aromatic heterocycles. The molecule has 0 saturated carbocycles. The second kappa shape index (κ2) is 4.13. The van der Waals surface area contributed by atoms with Crippen molar-refractivity contribution >= 4 is 11.8 Å². The summed E-state index contributed by atoms with van der Waals surface area (Å²) in [6.07, 6.45) is 1.55. The number of hydrogen-bond acceptors (Lipinski definition) is 3. The topological polar surface area (TPSA) is 47.2 Å². The van der Waals surface area contributed by atoms with Crippen LogP contribution in [0.3, 0.4) is 0 Å². The van der Waals surface area contributed by atoms with Gasteiger partial charge in [0.25, 0.3) is 0 Å². The molecule has 0 aliphatic rings. The lowest BCUT2D eigenvalue weighted by Crippen LogP contribution is -1.98. The van der Waals surface area contributed by atoms with Crippen LogP contribution in [0, 0.1) is 13.8 Å². The van der Waals surface area contributed by atoms with E-state index in [1.807, 2.05) is 44.2 Å². The van der Waals surface area contributed by atoms with E-state index >= 15 is 0 Å². The number of rotatable bonds is 2. The standard InChI is InChI=1S/C12H11N3O/c1-9-12(13-8-16)10(2)15(14-9)11-6-4-3-5-7-11/h3-7H,1-2H3. The fourth-order valence-corrected chi connectivity index (χ4v) is 1.66. The van der Waals surface area contributed by atoms with Gasteiger partial charge in [0.2, 0.25) is 6.08 Å². The molecular formula is C12H11N3O. The van der Waals surface area contributed by atoms with E-state index in [1.54, 1.807) is 10.8 Å². The van der Waals surface area contributed by atoms with Crippen LogP contribution in [0.5, 0.6) is 0 Å². The molecule has 0 aliphatic carbocycles. The van der Waals surface area contributed by atoms with Gasteiger partial charge in [-0.2, -0.15) is 10.1 Å². The van der Waals surface area contributed by atoms with E-state index in [4.69, 9.17) is 0 Å². The van der Waals surface area contributed by atoms with Gasteiger partial charge in [-0.15, -0.1) is 0 Å². The molecule has 80 valence electrons. The first-order valence-corrected chi connectivity index (χ1v) is 4.93. The SMILES string of the molecule is Cc1nn(-c2ccccc2)c(C)c1N=C=O. The summed E-state index contributed by atoms with van der Waals surface area (Å²) in [5.41, 5.74) is 3.12. The van der Waals surface area contributed by atoms with Gasteiger partial charge in [-0.05, 0) is 26.0 Å². The molecule has 0 radical (unpaired) electrons. The maximum Gasteiger partial charge on any atom is 0.240 e. The van der Waals surface area contributed by atoms with E-state index in [0.717, 1.165) is 17.1 Å². The summed E-state index contributed by atoms with van der Waals surface area (Å²) in [6, 6.07) is 9.73. The zero-order chi connectivity index (χ0) is 11.5. The molecule has 0 fully saturated rings. The Kier molecular flexibility index (Phi) is 2.66. The summed E-state index contributed by atoms with van der Waals surface area (Å²) in [5, 5.41) is 4.34. The minimum absolute atomic E-state index is 0.596. The molecule has 1 heterocycles. The molecule has 4 nitrogen and oxygen atoms in total. The summed E-state index contributed by atoms with van der Waals surface area (Å²) in [7, 11) is 0. The Bertz CT molecular complexity index is 551. The van der Waals surface area contributed by atoms with Crippen LogP contribution in [0.1, 0.15) is 11.4 Å². The first kappa shape index (κ1) is 10.3. The predicted octanol–water partition coefficient (Wildman–Crippen LogP) is 2.46. The van der Waals surface area contributed by atoms with Crippen LogP contribution in [-0.2, 0) is 4.79 Å². The molecule has 0 saturated heterocycles. The number of aliphatic imine (C=N–C) groups is 1. The predicted molar refractivity (Wildman–Crippen MR) is 60.8 cm³/mol. The maximum absolute atomic E-state index is 10.3. The number of nitrogens with zero attached hydrogens (tertiary/aromatic N) is 3. The third-order valence-electron chi connectivity index (χ3n) is 2.41. The highest BCUT2D eigenvalue weighted by Gasteiger charge is 2.11. The number of aromatic nitrogens is 2. The van der Waals surface area contributed by atoms with Gasteiger partial charge in [0.1, 0.15) is 5.69 Å². The molecular weight excluding hydrogens is 202 g/mol. The zero-order valence-electron chi connectivity index (χ0n) is 9.14. The number of hydrogen-bond donors (Lipinski definition) is 0. The highest BCUT2D eigenvalue weighted by atomic mass is 16.1. The van der Waals surface area contributed by atoms with Crippen LogP contribution in [0.25, 0.3) is 5.69 Å². The molecule has 0 atom stereocenters. The van der Waals surface area contributed by atoms with Gasteiger partial charge in [0, 0.05) is 0 Å². The maximum atomic E-state index is 10.3. The van der Waals surface area contributed by atoms with Gasteiger partial charge < -0.3 is 0 Å². The molecule has 0 aliphatic heterocycles. The number of isocyanates is 1. The van der Waals surface area contributed by atoms with Crippen molar-refractivity contribution < 1.29 is 4.79 Å². The van der Waals surface area contributed by atoms with E-state index in [-0.39, 0.29) is 0 Å². The summed E-state index contributed by atoms with van der Waals surface area (Å²) >= 11 is 0. The Morgan fingerprint density at radius 3 is 2.56 bits per heavy atom. The highest BCUT2D eigenvalue weighted by molar-refractivity contribution is 5.56. The Labute approximate surface area is 93.2 Å². The normalized spacial score (nSPS) is 9.88. The average molecular weight is 213 g/mol. The van der Waals surface area contributed by atoms with Crippen molar-refractivity contribution in [2.45, 2.75) is 13.8 Å². The quantitative estimate of drug-likeness (QED) is 0.568. The highest BCUT2D eigenvalue weighted by Crippen LogP contribution is 2.24. The minimum atomic E-state index is 0.596. The number of aryl methyl sites for hydroxylation is 1. The fraction of sp³-hybridized carbons (Fsp3) is 0.167. The molecule has 0 unspecified atom stereocenters. The summed E-state index contributed by atoms with van der Waals surface area (Å²) in [6.45, 7) is 3.70. The second-order valence-electron chi connectivity index (χ2n) is 3.47. The van der Waals surface area contributed by atoms with Gasteiger partial charge in [0.15, 0.2) is 0 Å². The monoisotopic (exact) mass is 213 g/mol. The Hall–Kier alpha value is -2.19. The fourth-order valence-electron chi connectivity index (χ4n) is 1.66. The average Bonchev–Trinajstić information content (AvgIpc) is 2.59. The summed E-state index contributed by atoms with van der Waals surface area (Å²) in [4.78, 5) is 14.0.